The number of benzene rings is 2. The molecule has 2 amide bonds. The van der Waals surface area contributed by atoms with Crippen molar-refractivity contribution >= 4 is 28.5 Å². The number of nitrogens with zero attached hydrogens (tertiary/aromatic N) is 1. The summed E-state index contributed by atoms with van der Waals surface area (Å²) < 4.78 is 11.4. The molecule has 0 bridgehead atoms. The van der Waals surface area contributed by atoms with Crippen molar-refractivity contribution in [3.63, 3.8) is 0 Å². The van der Waals surface area contributed by atoms with Gasteiger partial charge in [0.25, 0.3) is 0 Å². The van der Waals surface area contributed by atoms with Gasteiger partial charge in [-0.15, -0.1) is 0 Å². The molecule has 1 aliphatic heterocycles. The van der Waals surface area contributed by atoms with Crippen molar-refractivity contribution in [2.75, 3.05) is 18.1 Å². The van der Waals surface area contributed by atoms with E-state index >= 15 is 0 Å². The molecule has 4 rings (SSSR count). The fourth-order valence-corrected chi connectivity index (χ4v) is 3.21. The largest absolute Gasteiger partial charge is 0.491 e. The molecule has 0 spiro atoms. The molecule has 0 aliphatic carbocycles. The molecule has 1 atom stereocenters. The van der Waals surface area contributed by atoms with Gasteiger partial charge >= 0.3 is 0 Å². The molecule has 1 unspecified atom stereocenters. The third-order valence-electron chi connectivity index (χ3n) is 4.58. The number of carbonyl (C=O) groups excluding carboxylic acids is 2. The number of ether oxygens (including phenoxy) is 1. The van der Waals surface area contributed by atoms with E-state index in [4.69, 9.17) is 9.15 Å². The van der Waals surface area contributed by atoms with Gasteiger partial charge in [-0.25, -0.2) is 0 Å². The van der Waals surface area contributed by atoms with Crippen molar-refractivity contribution in [1.29, 1.82) is 0 Å². The van der Waals surface area contributed by atoms with Crippen LogP contribution in [0.4, 0.5) is 5.69 Å². The molecule has 2 aromatic carbocycles. The minimum atomic E-state index is -0.307. The Bertz CT molecular complexity index is 962. The van der Waals surface area contributed by atoms with Gasteiger partial charge in [0, 0.05) is 5.39 Å². The number of nitrogens with one attached hydrogen (secondary N) is 1. The second kappa shape index (κ2) is 7.15. The van der Waals surface area contributed by atoms with Crippen molar-refractivity contribution < 1.29 is 18.7 Å². The van der Waals surface area contributed by atoms with E-state index < -0.39 is 0 Å². The number of hydrogen-bond acceptors (Lipinski definition) is 4. The van der Waals surface area contributed by atoms with Gasteiger partial charge in [-0.1, -0.05) is 30.3 Å². The first-order valence-electron chi connectivity index (χ1n) is 8.92. The second-order valence-corrected chi connectivity index (χ2v) is 6.52. The number of fused-ring (bicyclic) bond motifs is 2. The number of amides is 2. The van der Waals surface area contributed by atoms with Gasteiger partial charge in [-0.2, -0.15) is 0 Å². The van der Waals surface area contributed by atoms with Crippen molar-refractivity contribution in [3.05, 3.63) is 60.4 Å². The highest BCUT2D eigenvalue weighted by molar-refractivity contribution is 6.00. The lowest BCUT2D eigenvalue weighted by molar-refractivity contribution is -0.124. The van der Waals surface area contributed by atoms with Gasteiger partial charge in [0.15, 0.2) is 0 Å². The Hall–Kier alpha value is -3.28. The van der Waals surface area contributed by atoms with E-state index in [1.807, 2.05) is 49.4 Å². The quantitative estimate of drug-likeness (QED) is 0.770. The number of anilines is 1. The standard InChI is InChI=1S/C21H20N2O4/c1-14(19-12-15-6-2-4-8-17(15)27-19)22-20(24)13-23-16-7-3-5-9-18(16)26-11-10-21(23)25/h2-9,12,14H,10-11,13H2,1H3,(H,22,24). The molecule has 1 aliphatic rings. The molecule has 2 heterocycles. The van der Waals surface area contributed by atoms with Crippen LogP contribution in [0.2, 0.25) is 0 Å². The Kier molecular flexibility index (Phi) is 4.54. The Labute approximate surface area is 156 Å². The van der Waals surface area contributed by atoms with Gasteiger partial charge < -0.3 is 14.5 Å². The zero-order chi connectivity index (χ0) is 18.8. The zero-order valence-electron chi connectivity index (χ0n) is 15.0. The van der Waals surface area contributed by atoms with Gasteiger partial charge in [-0.3, -0.25) is 14.5 Å². The average molecular weight is 364 g/mol. The SMILES string of the molecule is CC(NC(=O)CN1C(=O)CCOc2ccccc21)c1cc2ccccc2o1. The summed E-state index contributed by atoms with van der Waals surface area (Å²) in [7, 11) is 0. The van der Waals surface area contributed by atoms with E-state index in [-0.39, 0.29) is 30.8 Å². The molecule has 3 aromatic rings. The highest BCUT2D eigenvalue weighted by Crippen LogP contribution is 2.31. The molecule has 0 saturated heterocycles. The highest BCUT2D eigenvalue weighted by atomic mass is 16.5. The van der Waals surface area contributed by atoms with Crippen LogP contribution >= 0.6 is 0 Å². The summed E-state index contributed by atoms with van der Waals surface area (Å²) in [4.78, 5) is 26.5. The van der Waals surface area contributed by atoms with E-state index in [0.29, 0.717) is 23.8 Å². The van der Waals surface area contributed by atoms with Gasteiger partial charge in [-0.05, 0) is 31.2 Å². The summed E-state index contributed by atoms with van der Waals surface area (Å²) in [6.45, 7) is 2.10. The number of carbonyl (C=O) groups is 2. The normalized spacial score (nSPS) is 15.0. The molecule has 0 saturated carbocycles. The van der Waals surface area contributed by atoms with Crippen LogP contribution in [0, 0.1) is 0 Å². The predicted molar refractivity (Wildman–Crippen MR) is 102 cm³/mol. The Morgan fingerprint density at radius 1 is 1.19 bits per heavy atom. The lowest BCUT2D eigenvalue weighted by Gasteiger charge is -2.22. The number of hydrogen-bond donors (Lipinski definition) is 1. The van der Waals surface area contributed by atoms with E-state index in [1.165, 1.54) is 4.90 Å². The van der Waals surface area contributed by atoms with Gasteiger partial charge in [0.2, 0.25) is 11.8 Å². The molecule has 6 heteroatoms. The summed E-state index contributed by atoms with van der Waals surface area (Å²) in [5, 5.41) is 3.90. The maximum absolute atomic E-state index is 12.6. The van der Waals surface area contributed by atoms with Crippen LogP contribution in [0.1, 0.15) is 25.1 Å². The topological polar surface area (TPSA) is 71.8 Å². The molecule has 1 aromatic heterocycles. The van der Waals surface area contributed by atoms with Crippen LogP contribution in [0.3, 0.4) is 0 Å². The van der Waals surface area contributed by atoms with Gasteiger partial charge in [0.1, 0.15) is 23.6 Å². The molecular weight excluding hydrogens is 344 g/mol. The molecule has 0 radical (unpaired) electrons. The van der Waals surface area contributed by atoms with Crippen molar-refractivity contribution in [1.82, 2.24) is 5.32 Å². The number of furan rings is 1. The van der Waals surface area contributed by atoms with E-state index in [0.717, 1.165) is 11.0 Å². The van der Waals surface area contributed by atoms with Crippen LogP contribution in [-0.4, -0.2) is 25.0 Å². The first kappa shape index (κ1) is 17.1. The van der Waals surface area contributed by atoms with E-state index in [2.05, 4.69) is 5.32 Å². The van der Waals surface area contributed by atoms with Gasteiger partial charge in [0.05, 0.1) is 24.8 Å². The summed E-state index contributed by atoms with van der Waals surface area (Å²) in [6.07, 6.45) is 0.237. The molecular formula is C21H20N2O4. The lowest BCUT2D eigenvalue weighted by atomic mass is 10.2. The van der Waals surface area contributed by atoms with E-state index in [9.17, 15) is 9.59 Å². The number of rotatable bonds is 4. The summed E-state index contributed by atoms with van der Waals surface area (Å²) >= 11 is 0. The number of para-hydroxylation sites is 3. The second-order valence-electron chi connectivity index (χ2n) is 6.52. The summed E-state index contributed by atoms with van der Waals surface area (Å²) in [5.74, 6) is 0.899. The molecule has 6 nitrogen and oxygen atoms in total. The fraction of sp³-hybridized carbons (Fsp3) is 0.238. The Balaban J connectivity index is 1.49. The maximum atomic E-state index is 12.6. The third-order valence-corrected chi connectivity index (χ3v) is 4.58. The van der Waals surface area contributed by atoms with Crippen LogP contribution in [0.25, 0.3) is 11.0 Å². The third kappa shape index (κ3) is 3.51. The van der Waals surface area contributed by atoms with E-state index in [1.54, 1.807) is 12.1 Å². The molecule has 1 N–H and O–H groups in total. The summed E-state index contributed by atoms with van der Waals surface area (Å²) in [5.41, 5.74) is 1.40. The van der Waals surface area contributed by atoms with Crippen molar-refractivity contribution in [3.8, 4) is 5.75 Å². The smallest absolute Gasteiger partial charge is 0.240 e. The first-order valence-corrected chi connectivity index (χ1v) is 8.92. The Morgan fingerprint density at radius 2 is 1.96 bits per heavy atom. The zero-order valence-corrected chi connectivity index (χ0v) is 15.0. The minimum Gasteiger partial charge on any atom is -0.491 e. The minimum absolute atomic E-state index is 0.0657. The maximum Gasteiger partial charge on any atom is 0.240 e. The first-order chi connectivity index (χ1) is 13.1. The van der Waals surface area contributed by atoms with Crippen molar-refractivity contribution in [2.45, 2.75) is 19.4 Å². The van der Waals surface area contributed by atoms with Crippen LogP contribution in [-0.2, 0) is 9.59 Å². The molecule has 138 valence electrons. The summed E-state index contributed by atoms with van der Waals surface area (Å²) in [6, 6.07) is 16.6. The fourth-order valence-electron chi connectivity index (χ4n) is 3.21. The van der Waals surface area contributed by atoms with Crippen LogP contribution < -0.4 is 15.0 Å². The Morgan fingerprint density at radius 3 is 2.81 bits per heavy atom. The van der Waals surface area contributed by atoms with Crippen LogP contribution in [0.15, 0.2) is 59.0 Å². The highest BCUT2D eigenvalue weighted by Gasteiger charge is 2.26. The average Bonchev–Trinajstić information content (AvgIpc) is 3.04. The lowest BCUT2D eigenvalue weighted by Crippen LogP contribution is -2.41. The van der Waals surface area contributed by atoms with Crippen molar-refractivity contribution in [2.24, 2.45) is 0 Å². The molecule has 0 fully saturated rings. The monoisotopic (exact) mass is 364 g/mol. The molecule has 27 heavy (non-hydrogen) atoms. The predicted octanol–water partition coefficient (Wildman–Crippen LogP) is 3.43. The van der Waals surface area contributed by atoms with Crippen LogP contribution in [0.5, 0.6) is 5.75 Å².